The van der Waals surface area contributed by atoms with Gasteiger partial charge in [0.1, 0.15) is 0 Å². The van der Waals surface area contributed by atoms with Crippen molar-refractivity contribution in [2.75, 3.05) is 0 Å². The van der Waals surface area contributed by atoms with Gasteiger partial charge in [0.05, 0.1) is 15.7 Å². The van der Waals surface area contributed by atoms with Crippen LogP contribution in [0, 0.1) is 0 Å². The third-order valence-electron chi connectivity index (χ3n) is 1.46. The third-order valence-corrected chi connectivity index (χ3v) is 2.82. The van der Waals surface area contributed by atoms with Gasteiger partial charge in [0.15, 0.2) is 5.75 Å². The van der Waals surface area contributed by atoms with Gasteiger partial charge in [0, 0.05) is 11.5 Å². The van der Waals surface area contributed by atoms with E-state index in [9.17, 15) is 13.9 Å². The maximum absolute atomic E-state index is 12.3. The Labute approximate surface area is 90.2 Å². The summed E-state index contributed by atoms with van der Waals surface area (Å²) in [6.45, 7) is 0. The molecule has 1 N–H and O–H groups in total. The van der Waals surface area contributed by atoms with Crippen molar-refractivity contribution in [3.05, 3.63) is 21.9 Å². The van der Waals surface area contributed by atoms with E-state index in [2.05, 4.69) is 36.8 Å². The Morgan fingerprint density at radius 1 is 1.54 bits per heavy atom. The maximum Gasteiger partial charge on any atom is 0.266 e. The van der Waals surface area contributed by atoms with Gasteiger partial charge < -0.3 is 5.11 Å². The summed E-state index contributed by atoms with van der Waals surface area (Å²) in [5.41, 5.74) is 0.0264. The van der Waals surface area contributed by atoms with Gasteiger partial charge >= 0.3 is 0 Å². The minimum Gasteiger partial charge on any atom is -0.505 e. The van der Waals surface area contributed by atoms with E-state index in [1.54, 1.807) is 0 Å². The number of pyridine rings is 1. The number of rotatable bonds is 2. The first-order chi connectivity index (χ1) is 6.07. The lowest BCUT2D eigenvalue weighted by Crippen LogP contribution is -1.93. The van der Waals surface area contributed by atoms with E-state index in [1.165, 1.54) is 0 Å². The van der Waals surface area contributed by atoms with Gasteiger partial charge in [-0.3, -0.25) is 4.98 Å². The number of halogens is 4. The molecule has 2 nitrogen and oxygen atoms in total. The van der Waals surface area contributed by atoms with E-state index in [0.717, 1.165) is 6.20 Å². The van der Waals surface area contributed by atoms with Crippen molar-refractivity contribution in [3.8, 4) is 5.75 Å². The van der Waals surface area contributed by atoms with Crippen LogP contribution in [0.4, 0.5) is 8.78 Å². The van der Waals surface area contributed by atoms with Gasteiger partial charge in [-0.05, 0) is 15.9 Å². The van der Waals surface area contributed by atoms with Crippen molar-refractivity contribution < 1.29 is 13.9 Å². The van der Waals surface area contributed by atoms with Crippen LogP contribution in [0.15, 0.2) is 10.7 Å². The number of alkyl halides is 3. The van der Waals surface area contributed by atoms with Crippen molar-refractivity contribution in [2.24, 2.45) is 0 Å². The molecular formula is C7H5Br2F2NO. The number of hydrogen-bond donors (Lipinski definition) is 1. The van der Waals surface area contributed by atoms with Crippen LogP contribution in [-0.2, 0) is 5.33 Å². The molecule has 0 unspecified atom stereocenters. The molecule has 13 heavy (non-hydrogen) atoms. The molecule has 1 aromatic heterocycles. The number of nitrogens with zero attached hydrogens (tertiary/aromatic N) is 1. The number of aromatic hydroxyl groups is 1. The van der Waals surface area contributed by atoms with Gasteiger partial charge in [-0.2, -0.15) is 0 Å². The van der Waals surface area contributed by atoms with Crippen LogP contribution >= 0.6 is 31.9 Å². The van der Waals surface area contributed by atoms with Gasteiger partial charge in [0.25, 0.3) is 6.43 Å². The van der Waals surface area contributed by atoms with Crippen LogP contribution in [0.2, 0.25) is 0 Å². The third kappa shape index (κ3) is 2.17. The van der Waals surface area contributed by atoms with Crippen molar-refractivity contribution in [1.82, 2.24) is 4.98 Å². The highest BCUT2D eigenvalue weighted by molar-refractivity contribution is 9.10. The van der Waals surface area contributed by atoms with Crippen LogP contribution in [-0.4, -0.2) is 10.1 Å². The largest absolute Gasteiger partial charge is 0.505 e. The molecule has 0 bridgehead atoms. The highest BCUT2D eigenvalue weighted by atomic mass is 79.9. The maximum atomic E-state index is 12.3. The van der Waals surface area contributed by atoms with E-state index >= 15 is 0 Å². The predicted octanol–water partition coefficient (Wildman–Crippen LogP) is 3.38. The fourth-order valence-electron chi connectivity index (χ4n) is 0.779. The molecule has 0 saturated heterocycles. The Kier molecular flexibility index (Phi) is 3.61. The molecule has 0 amide bonds. The Morgan fingerprint density at radius 3 is 2.62 bits per heavy atom. The lowest BCUT2D eigenvalue weighted by Gasteiger charge is -2.07. The highest BCUT2D eigenvalue weighted by Crippen LogP contribution is 2.35. The normalized spacial score (nSPS) is 10.8. The molecule has 0 fully saturated rings. The second-order valence-electron chi connectivity index (χ2n) is 2.26. The number of aromatic nitrogens is 1. The standard InChI is InChI=1S/C7H5Br2F2NO/c8-1-4-6(13)5(9)3(2-12-4)7(10)11/h2,7,13H,1H2. The van der Waals surface area contributed by atoms with Crippen molar-refractivity contribution in [1.29, 1.82) is 0 Å². The molecular weight excluding hydrogens is 312 g/mol. The monoisotopic (exact) mass is 315 g/mol. The first kappa shape index (κ1) is 10.8. The summed E-state index contributed by atoms with van der Waals surface area (Å²) in [6, 6.07) is 0. The van der Waals surface area contributed by atoms with E-state index in [0.29, 0.717) is 11.0 Å². The second kappa shape index (κ2) is 4.32. The van der Waals surface area contributed by atoms with E-state index in [4.69, 9.17) is 0 Å². The van der Waals surface area contributed by atoms with Crippen molar-refractivity contribution in [3.63, 3.8) is 0 Å². The van der Waals surface area contributed by atoms with E-state index in [1.807, 2.05) is 0 Å². The van der Waals surface area contributed by atoms with E-state index in [-0.39, 0.29) is 15.8 Å². The first-order valence-corrected chi connectivity index (χ1v) is 5.19. The summed E-state index contributed by atoms with van der Waals surface area (Å²) in [6.07, 6.45) is -1.59. The molecule has 6 heteroatoms. The molecule has 0 saturated carbocycles. The molecule has 72 valence electrons. The SMILES string of the molecule is Oc1c(CBr)ncc(C(F)F)c1Br. The van der Waals surface area contributed by atoms with Crippen molar-refractivity contribution in [2.45, 2.75) is 11.8 Å². The Balaban J connectivity index is 3.23. The molecule has 0 aliphatic heterocycles. The summed E-state index contributed by atoms with van der Waals surface area (Å²) in [4.78, 5) is 3.67. The zero-order chi connectivity index (χ0) is 10.0. The van der Waals surface area contributed by atoms with Crippen LogP contribution < -0.4 is 0 Å². The first-order valence-electron chi connectivity index (χ1n) is 3.28. The average molecular weight is 317 g/mol. The van der Waals surface area contributed by atoms with Crippen LogP contribution in [0.25, 0.3) is 0 Å². The molecule has 0 aromatic carbocycles. The molecule has 0 aliphatic carbocycles. The highest BCUT2D eigenvalue weighted by Gasteiger charge is 2.17. The van der Waals surface area contributed by atoms with Gasteiger partial charge in [-0.25, -0.2) is 8.78 Å². The fourth-order valence-corrected chi connectivity index (χ4v) is 1.69. The molecule has 1 rings (SSSR count). The molecule has 0 spiro atoms. The molecule has 1 heterocycles. The van der Waals surface area contributed by atoms with Gasteiger partial charge in [0.2, 0.25) is 0 Å². The van der Waals surface area contributed by atoms with Gasteiger partial charge in [-0.15, -0.1) is 0 Å². The molecule has 0 aliphatic rings. The smallest absolute Gasteiger partial charge is 0.266 e. The summed E-state index contributed by atoms with van der Waals surface area (Å²) in [5, 5.41) is 9.67. The Hall–Kier alpha value is -0.230. The minimum absolute atomic E-state index is 0.00644. The summed E-state index contributed by atoms with van der Waals surface area (Å²) in [7, 11) is 0. The lowest BCUT2D eigenvalue weighted by molar-refractivity contribution is 0.149. The quantitative estimate of drug-likeness (QED) is 0.848. The minimum atomic E-state index is -2.64. The van der Waals surface area contributed by atoms with Gasteiger partial charge in [-0.1, -0.05) is 15.9 Å². The second-order valence-corrected chi connectivity index (χ2v) is 3.61. The molecule has 0 radical (unpaired) electrons. The Bertz CT molecular complexity index is 320. The Morgan fingerprint density at radius 2 is 2.15 bits per heavy atom. The summed E-state index contributed by atoms with van der Waals surface area (Å²) < 4.78 is 24.5. The summed E-state index contributed by atoms with van der Waals surface area (Å²) in [5.74, 6) is -0.241. The van der Waals surface area contributed by atoms with Crippen LogP contribution in [0.5, 0.6) is 5.75 Å². The van der Waals surface area contributed by atoms with E-state index < -0.39 is 6.43 Å². The average Bonchev–Trinajstić information content (AvgIpc) is 2.09. The zero-order valence-electron chi connectivity index (χ0n) is 6.27. The lowest BCUT2D eigenvalue weighted by atomic mass is 10.2. The summed E-state index contributed by atoms with van der Waals surface area (Å²) >= 11 is 5.95. The van der Waals surface area contributed by atoms with Crippen LogP contribution in [0.1, 0.15) is 17.7 Å². The van der Waals surface area contributed by atoms with Crippen LogP contribution in [0.3, 0.4) is 0 Å². The topological polar surface area (TPSA) is 33.1 Å². The predicted molar refractivity (Wildman–Crippen MR) is 51.2 cm³/mol. The number of hydrogen-bond acceptors (Lipinski definition) is 2. The fraction of sp³-hybridized carbons (Fsp3) is 0.286. The van der Waals surface area contributed by atoms with Crippen molar-refractivity contribution >= 4 is 31.9 Å². The molecule has 0 atom stereocenters. The molecule has 1 aromatic rings. The zero-order valence-corrected chi connectivity index (χ0v) is 9.44.